The number of hydrogen-bond donors (Lipinski definition) is 1. The third kappa shape index (κ3) is 3.00. The highest BCUT2D eigenvalue weighted by atomic mass is 32.1. The molecular weight excluding hydrogens is 391 g/mol. The van der Waals surface area contributed by atoms with Crippen molar-refractivity contribution in [3.05, 3.63) is 70.2 Å². The first-order valence-corrected chi connectivity index (χ1v) is 10.5. The van der Waals surface area contributed by atoms with E-state index in [0.717, 1.165) is 21.8 Å². The first-order valence-electron chi connectivity index (χ1n) is 9.64. The third-order valence-electron chi connectivity index (χ3n) is 6.20. The number of hydrogen-bond acceptors (Lipinski definition) is 4. The van der Waals surface area contributed by atoms with Crippen molar-refractivity contribution >= 4 is 29.1 Å². The predicted octanol–water partition coefficient (Wildman–Crippen LogP) is 2.90. The maximum Gasteiger partial charge on any atom is 0.240 e. The molecule has 5 nitrogen and oxygen atoms in total. The summed E-state index contributed by atoms with van der Waals surface area (Å²) < 4.78 is 13.3. The maximum atomic E-state index is 13.3. The van der Waals surface area contributed by atoms with Gasteiger partial charge in [0.25, 0.3) is 0 Å². The Kier molecular flexibility index (Phi) is 4.35. The van der Waals surface area contributed by atoms with Crippen molar-refractivity contribution in [3.63, 3.8) is 0 Å². The molecule has 2 bridgehead atoms. The minimum Gasteiger partial charge on any atom is -0.343 e. The number of carbonyl (C=O) groups is 3. The Hall–Kier alpha value is -2.80. The fourth-order valence-electron chi connectivity index (χ4n) is 4.90. The summed E-state index contributed by atoms with van der Waals surface area (Å²) in [6.45, 7) is -0.285. The molecule has 5 unspecified atom stereocenters. The van der Waals surface area contributed by atoms with Gasteiger partial charge in [-0.1, -0.05) is 30.4 Å². The molecule has 1 aromatic heterocycles. The fraction of sp³-hybridized carbons (Fsp3) is 0.318. The smallest absolute Gasteiger partial charge is 0.240 e. The van der Waals surface area contributed by atoms with Crippen LogP contribution >= 0.6 is 11.3 Å². The lowest BCUT2D eigenvalue weighted by molar-refractivity contribution is -0.144. The number of thiophene rings is 1. The van der Waals surface area contributed by atoms with Gasteiger partial charge in [0.2, 0.25) is 17.7 Å². The van der Waals surface area contributed by atoms with Crippen LogP contribution in [0.25, 0.3) is 0 Å². The van der Waals surface area contributed by atoms with E-state index in [4.69, 9.17) is 0 Å². The van der Waals surface area contributed by atoms with E-state index in [1.165, 1.54) is 23.5 Å². The normalized spacial score (nSPS) is 28.1. The van der Waals surface area contributed by atoms with Crippen molar-refractivity contribution in [1.29, 1.82) is 0 Å². The number of nitrogens with one attached hydrogen (secondary N) is 1. The van der Waals surface area contributed by atoms with E-state index < -0.39 is 11.9 Å². The van der Waals surface area contributed by atoms with Gasteiger partial charge in [-0.3, -0.25) is 19.3 Å². The van der Waals surface area contributed by atoms with Gasteiger partial charge in [0.05, 0.1) is 17.9 Å². The van der Waals surface area contributed by atoms with Crippen LogP contribution in [0, 0.1) is 29.5 Å². The van der Waals surface area contributed by atoms with Crippen molar-refractivity contribution in [2.75, 3.05) is 6.54 Å². The van der Waals surface area contributed by atoms with E-state index in [-0.39, 0.29) is 47.8 Å². The van der Waals surface area contributed by atoms with Crippen LogP contribution in [0.3, 0.4) is 0 Å². The van der Waals surface area contributed by atoms with Crippen LogP contribution in [0.1, 0.15) is 22.9 Å². The molecule has 1 N–H and O–H groups in total. The highest BCUT2D eigenvalue weighted by molar-refractivity contribution is 7.10. The Labute approximate surface area is 171 Å². The average molecular weight is 410 g/mol. The number of allylic oxidation sites excluding steroid dienone is 2. The molecule has 5 rings (SSSR count). The third-order valence-corrected chi connectivity index (χ3v) is 7.14. The van der Waals surface area contributed by atoms with Crippen molar-refractivity contribution in [1.82, 2.24) is 10.2 Å². The number of benzene rings is 1. The van der Waals surface area contributed by atoms with Crippen LogP contribution in [-0.2, 0) is 14.4 Å². The maximum absolute atomic E-state index is 13.3. The first kappa shape index (κ1) is 18.2. The summed E-state index contributed by atoms with van der Waals surface area (Å²) in [5, 5.41) is 4.81. The molecule has 3 amide bonds. The van der Waals surface area contributed by atoms with Gasteiger partial charge in [-0.15, -0.1) is 11.3 Å². The number of nitrogens with zero attached hydrogens (tertiary/aromatic N) is 1. The molecule has 2 aliphatic carbocycles. The van der Waals surface area contributed by atoms with Crippen LogP contribution in [-0.4, -0.2) is 29.2 Å². The minimum absolute atomic E-state index is 0.118. The van der Waals surface area contributed by atoms with Crippen molar-refractivity contribution < 1.29 is 18.8 Å². The van der Waals surface area contributed by atoms with Crippen LogP contribution in [0.4, 0.5) is 4.39 Å². The van der Waals surface area contributed by atoms with Gasteiger partial charge in [0.1, 0.15) is 12.4 Å². The second-order valence-electron chi connectivity index (χ2n) is 7.83. The number of imide groups is 1. The highest BCUT2D eigenvalue weighted by Crippen LogP contribution is 2.52. The molecule has 1 aliphatic heterocycles. The molecule has 0 radical (unpaired) electrons. The molecule has 7 heteroatoms. The lowest BCUT2D eigenvalue weighted by Gasteiger charge is -2.21. The Morgan fingerprint density at radius 3 is 2.34 bits per heavy atom. The Bertz CT molecular complexity index is 972. The lowest BCUT2D eigenvalue weighted by atomic mass is 9.85. The number of likely N-dealkylation sites (tertiary alicyclic amines) is 1. The van der Waals surface area contributed by atoms with E-state index in [1.54, 1.807) is 12.1 Å². The molecule has 0 spiro atoms. The fourth-order valence-corrected chi connectivity index (χ4v) is 5.70. The van der Waals surface area contributed by atoms with Gasteiger partial charge in [-0.2, -0.15) is 0 Å². The summed E-state index contributed by atoms with van der Waals surface area (Å²) in [6, 6.07) is 9.24. The van der Waals surface area contributed by atoms with E-state index in [9.17, 15) is 18.8 Å². The Balaban J connectivity index is 1.33. The van der Waals surface area contributed by atoms with E-state index in [2.05, 4.69) is 5.32 Å². The number of carbonyl (C=O) groups excluding carboxylic acids is 3. The number of halogens is 1. The van der Waals surface area contributed by atoms with Gasteiger partial charge < -0.3 is 5.32 Å². The summed E-state index contributed by atoms with van der Waals surface area (Å²) in [7, 11) is 0. The molecule has 2 fully saturated rings. The van der Waals surface area contributed by atoms with Crippen molar-refractivity contribution in [3.8, 4) is 0 Å². The Morgan fingerprint density at radius 2 is 1.76 bits per heavy atom. The molecule has 1 saturated heterocycles. The van der Waals surface area contributed by atoms with Crippen molar-refractivity contribution in [2.24, 2.45) is 23.7 Å². The zero-order valence-electron chi connectivity index (χ0n) is 15.5. The van der Waals surface area contributed by atoms with Gasteiger partial charge >= 0.3 is 0 Å². The topological polar surface area (TPSA) is 66.5 Å². The average Bonchev–Trinajstić information content (AvgIpc) is 3.49. The minimum atomic E-state index is -0.465. The predicted molar refractivity (Wildman–Crippen MR) is 105 cm³/mol. The van der Waals surface area contributed by atoms with Gasteiger partial charge in [-0.05, 0) is 47.4 Å². The van der Waals surface area contributed by atoms with Crippen LogP contribution in [0.15, 0.2) is 53.9 Å². The monoisotopic (exact) mass is 410 g/mol. The van der Waals surface area contributed by atoms with E-state index in [1.807, 2.05) is 29.7 Å². The number of amides is 3. The molecule has 2 aromatic rings. The molecular formula is C22H19FN2O3S. The highest BCUT2D eigenvalue weighted by Gasteiger charge is 2.59. The molecule has 3 aliphatic rings. The van der Waals surface area contributed by atoms with Gasteiger partial charge in [0.15, 0.2) is 0 Å². The van der Waals surface area contributed by atoms with Crippen LogP contribution in [0.2, 0.25) is 0 Å². The second kappa shape index (κ2) is 6.91. The molecule has 2 heterocycles. The summed E-state index contributed by atoms with van der Waals surface area (Å²) in [6.07, 6.45) is 4.92. The summed E-state index contributed by atoms with van der Waals surface area (Å²) in [5.41, 5.74) is 0.736. The number of fused-ring (bicyclic) bond motifs is 5. The zero-order valence-corrected chi connectivity index (χ0v) is 16.3. The second-order valence-corrected chi connectivity index (χ2v) is 8.81. The summed E-state index contributed by atoms with van der Waals surface area (Å²) >= 11 is 1.47. The largest absolute Gasteiger partial charge is 0.343 e. The van der Waals surface area contributed by atoms with Crippen molar-refractivity contribution in [2.45, 2.75) is 12.5 Å². The number of rotatable bonds is 5. The molecule has 29 heavy (non-hydrogen) atoms. The Morgan fingerprint density at radius 1 is 1.10 bits per heavy atom. The van der Waals surface area contributed by atoms with E-state index in [0.29, 0.717) is 0 Å². The van der Waals surface area contributed by atoms with Crippen LogP contribution < -0.4 is 5.32 Å². The molecule has 1 aromatic carbocycles. The summed E-state index contributed by atoms with van der Waals surface area (Å²) in [5.74, 6) is -1.61. The summed E-state index contributed by atoms with van der Waals surface area (Å²) in [4.78, 5) is 40.4. The van der Waals surface area contributed by atoms with Gasteiger partial charge in [0, 0.05) is 4.88 Å². The SMILES string of the molecule is O=C(CN1C(=O)C2C3C=CC(C3)C2C1=O)NC(c1ccc(F)cc1)c1cccs1. The lowest BCUT2D eigenvalue weighted by Crippen LogP contribution is -2.43. The van der Waals surface area contributed by atoms with Crippen LogP contribution in [0.5, 0.6) is 0 Å². The standard InChI is InChI=1S/C22H19FN2O3S/c23-15-7-5-12(6-8-15)20(16-2-1-9-29-16)24-17(26)11-25-21(27)18-13-3-4-14(10-13)19(18)22(25)28/h1-9,13-14,18-20H,10-11H2,(H,24,26). The first-order chi connectivity index (χ1) is 14.0. The van der Waals surface area contributed by atoms with E-state index >= 15 is 0 Å². The quantitative estimate of drug-likeness (QED) is 0.609. The molecule has 1 saturated carbocycles. The van der Waals surface area contributed by atoms with Gasteiger partial charge in [-0.25, -0.2) is 4.39 Å². The molecule has 5 atom stereocenters. The molecule has 148 valence electrons. The zero-order chi connectivity index (χ0) is 20.1.